The van der Waals surface area contributed by atoms with Gasteiger partial charge in [0.1, 0.15) is 11.6 Å². The summed E-state index contributed by atoms with van der Waals surface area (Å²) in [6.45, 7) is 0. The SMILES string of the molecule is Fc1ccc(-n2c3ccccc3c3ccc4c(c5ccccc5n4-c4nc(-c5ccc(-c6ccccc6)cc5)nc(-n5c6ccccc6c6c5ccc5c7ccccc7n(-c7ccc(F)cc7)c56)n4)c32)cc1. The summed E-state index contributed by atoms with van der Waals surface area (Å²) in [6.07, 6.45) is 0. The van der Waals surface area contributed by atoms with Gasteiger partial charge in [0.05, 0.1) is 44.1 Å². The van der Waals surface area contributed by atoms with Crippen molar-refractivity contribution in [2.45, 2.75) is 0 Å². The lowest BCUT2D eigenvalue weighted by Gasteiger charge is -2.13. The number of halogens is 2. The maximum atomic E-state index is 14.5. The van der Waals surface area contributed by atoms with Crippen molar-refractivity contribution >= 4 is 87.2 Å². The maximum absolute atomic E-state index is 14.5. The minimum atomic E-state index is -0.291. The Labute approximate surface area is 409 Å². The molecule has 0 aliphatic heterocycles. The molecule has 0 atom stereocenters. The lowest BCUT2D eigenvalue weighted by Crippen LogP contribution is -2.10. The second-order valence-corrected chi connectivity index (χ2v) is 18.3. The zero-order chi connectivity index (χ0) is 47.6. The first kappa shape index (κ1) is 40.2. The average Bonchev–Trinajstić information content (AvgIpc) is 4.17. The topological polar surface area (TPSA) is 58.4 Å². The normalized spacial score (nSPS) is 12.0. The van der Waals surface area contributed by atoms with Crippen LogP contribution in [-0.2, 0) is 0 Å². The molecule has 0 spiro atoms. The molecule has 15 rings (SSSR count). The second-order valence-electron chi connectivity index (χ2n) is 18.3. The minimum Gasteiger partial charge on any atom is -0.309 e. The van der Waals surface area contributed by atoms with Gasteiger partial charge in [0.25, 0.3) is 0 Å². The molecule has 0 aliphatic carbocycles. The van der Waals surface area contributed by atoms with Gasteiger partial charge >= 0.3 is 0 Å². The van der Waals surface area contributed by atoms with Crippen LogP contribution in [0.15, 0.2) is 224 Å². The van der Waals surface area contributed by atoms with E-state index in [0.29, 0.717) is 17.7 Å². The fraction of sp³-hybridized carbons (Fsp3) is 0. The predicted octanol–water partition coefficient (Wildman–Crippen LogP) is 15.9. The number of para-hydroxylation sites is 4. The third-order valence-corrected chi connectivity index (χ3v) is 14.4. The molecule has 5 heterocycles. The van der Waals surface area contributed by atoms with E-state index in [2.05, 4.69) is 152 Å². The van der Waals surface area contributed by atoms with E-state index in [1.54, 1.807) is 0 Å². The third kappa shape index (κ3) is 5.85. The van der Waals surface area contributed by atoms with E-state index in [-0.39, 0.29) is 11.6 Å². The third-order valence-electron chi connectivity index (χ3n) is 14.4. The Morgan fingerprint density at radius 1 is 0.264 bits per heavy atom. The van der Waals surface area contributed by atoms with Crippen molar-refractivity contribution in [3.8, 4) is 45.8 Å². The molecule has 0 fully saturated rings. The quantitative estimate of drug-likeness (QED) is 0.167. The number of nitrogens with zero attached hydrogens (tertiary/aromatic N) is 7. The fourth-order valence-electron chi connectivity index (χ4n) is 11.3. The van der Waals surface area contributed by atoms with Crippen molar-refractivity contribution in [3.05, 3.63) is 236 Å². The largest absolute Gasteiger partial charge is 0.309 e. The Balaban J connectivity index is 1.05. The van der Waals surface area contributed by atoms with Crippen molar-refractivity contribution in [3.63, 3.8) is 0 Å². The van der Waals surface area contributed by atoms with Crippen LogP contribution in [0.25, 0.3) is 133 Å². The number of aromatic nitrogens is 7. The molecule has 0 aliphatic rings. The van der Waals surface area contributed by atoms with E-state index in [9.17, 15) is 8.78 Å². The fourth-order valence-corrected chi connectivity index (χ4v) is 11.3. The smallest absolute Gasteiger partial charge is 0.240 e. The highest BCUT2D eigenvalue weighted by Gasteiger charge is 2.26. The van der Waals surface area contributed by atoms with E-state index >= 15 is 0 Å². The Hall–Kier alpha value is -9.73. The maximum Gasteiger partial charge on any atom is 0.240 e. The lowest BCUT2D eigenvalue weighted by atomic mass is 10.0. The van der Waals surface area contributed by atoms with Crippen molar-refractivity contribution < 1.29 is 8.78 Å². The van der Waals surface area contributed by atoms with Crippen LogP contribution in [0.2, 0.25) is 0 Å². The molecule has 72 heavy (non-hydrogen) atoms. The summed E-state index contributed by atoms with van der Waals surface area (Å²) in [6, 6.07) is 74.4. The van der Waals surface area contributed by atoms with E-state index in [1.165, 1.54) is 24.3 Å². The summed E-state index contributed by atoms with van der Waals surface area (Å²) >= 11 is 0. The van der Waals surface area contributed by atoms with Gasteiger partial charge in [0, 0.05) is 60.0 Å². The zero-order valence-corrected chi connectivity index (χ0v) is 38.2. The molecule has 0 amide bonds. The first-order chi connectivity index (χ1) is 35.6. The van der Waals surface area contributed by atoms with Gasteiger partial charge in [-0.2, -0.15) is 15.0 Å². The highest BCUT2D eigenvalue weighted by atomic mass is 19.1. The summed E-state index contributed by atoms with van der Waals surface area (Å²) in [7, 11) is 0. The van der Waals surface area contributed by atoms with Crippen LogP contribution in [0.4, 0.5) is 8.78 Å². The summed E-state index contributed by atoms with van der Waals surface area (Å²) in [5, 5.41) is 8.43. The molecule has 0 bridgehead atoms. The van der Waals surface area contributed by atoms with Gasteiger partial charge in [0.2, 0.25) is 11.9 Å². The molecule has 0 radical (unpaired) electrons. The summed E-state index contributed by atoms with van der Waals surface area (Å²) in [5.74, 6) is 0.823. The monoisotopic (exact) mass is 929 g/mol. The summed E-state index contributed by atoms with van der Waals surface area (Å²) in [5.41, 5.74) is 12.5. The van der Waals surface area contributed by atoms with Crippen molar-refractivity contribution in [1.82, 2.24) is 33.2 Å². The van der Waals surface area contributed by atoms with Crippen molar-refractivity contribution in [2.75, 3.05) is 0 Å². The Morgan fingerprint density at radius 2 is 0.639 bits per heavy atom. The van der Waals surface area contributed by atoms with Crippen LogP contribution >= 0.6 is 0 Å². The predicted molar refractivity (Wildman–Crippen MR) is 288 cm³/mol. The van der Waals surface area contributed by atoms with Crippen LogP contribution in [-0.4, -0.2) is 33.2 Å². The van der Waals surface area contributed by atoms with Crippen LogP contribution in [0.1, 0.15) is 0 Å². The highest BCUT2D eigenvalue weighted by Crippen LogP contribution is 2.44. The van der Waals surface area contributed by atoms with E-state index < -0.39 is 0 Å². The van der Waals surface area contributed by atoms with Crippen LogP contribution < -0.4 is 0 Å². The van der Waals surface area contributed by atoms with E-state index in [4.69, 9.17) is 15.0 Å². The van der Waals surface area contributed by atoms with Crippen LogP contribution in [0.5, 0.6) is 0 Å². The molecule has 5 aromatic heterocycles. The number of hydrogen-bond acceptors (Lipinski definition) is 3. The molecule has 0 saturated heterocycles. The van der Waals surface area contributed by atoms with E-state index in [1.807, 2.05) is 66.7 Å². The van der Waals surface area contributed by atoms with Crippen LogP contribution in [0, 0.1) is 11.6 Å². The van der Waals surface area contributed by atoms with Gasteiger partial charge in [-0.15, -0.1) is 0 Å². The Bertz CT molecular complexity index is 4420. The van der Waals surface area contributed by atoms with Crippen molar-refractivity contribution in [2.24, 2.45) is 0 Å². The number of fused-ring (bicyclic) bond motifs is 14. The molecule has 0 saturated carbocycles. The molecule has 7 nitrogen and oxygen atoms in total. The number of rotatable bonds is 6. The molecule has 0 unspecified atom stereocenters. The highest BCUT2D eigenvalue weighted by molar-refractivity contribution is 6.27. The molecule has 9 heteroatoms. The summed E-state index contributed by atoms with van der Waals surface area (Å²) < 4.78 is 37.9. The molecule has 10 aromatic carbocycles. The number of benzene rings is 10. The number of hydrogen-bond donors (Lipinski definition) is 0. The van der Waals surface area contributed by atoms with Gasteiger partial charge in [0.15, 0.2) is 5.82 Å². The average molecular weight is 930 g/mol. The molecule has 15 aromatic rings. The second kappa shape index (κ2) is 15.4. The Morgan fingerprint density at radius 3 is 1.10 bits per heavy atom. The zero-order valence-electron chi connectivity index (χ0n) is 38.2. The Kier molecular flexibility index (Phi) is 8.59. The molecule has 0 N–H and O–H groups in total. The molecule has 338 valence electrons. The van der Waals surface area contributed by atoms with Gasteiger partial charge in [-0.1, -0.05) is 140 Å². The van der Waals surface area contributed by atoms with Gasteiger partial charge in [-0.05, 0) is 96.1 Å². The van der Waals surface area contributed by atoms with Gasteiger partial charge in [-0.3, -0.25) is 9.13 Å². The first-order valence-electron chi connectivity index (χ1n) is 23.9. The minimum absolute atomic E-state index is 0.291. The lowest BCUT2D eigenvalue weighted by molar-refractivity contribution is 0.627. The summed E-state index contributed by atoms with van der Waals surface area (Å²) in [4.78, 5) is 16.4. The molecular formula is C63H37F2N7. The van der Waals surface area contributed by atoms with Gasteiger partial charge < -0.3 is 9.13 Å². The van der Waals surface area contributed by atoms with E-state index in [0.717, 1.165) is 115 Å². The van der Waals surface area contributed by atoms with Crippen LogP contribution in [0.3, 0.4) is 0 Å². The van der Waals surface area contributed by atoms with Crippen molar-refractivity contribution in [1.29, 1.82) is 0 Å². The van der Waals surface area contributed by atoms with Gasteiger partial charge in [-0.25, -0.2) is 8.78 Å². The molecular weight excluding hydrogens is 893 g/mol. The standard InChI is InChI=1S/C63H37F2N7/c64-41-26-30-43(31-27-41)69-51-18-8-4-14-45(51)47-34-36-55-57(59(47)69)49-16-6-10-20-53(49)71(55)62-66-61(40-24-22-39(23-25-40)38-12-2-1-3-13-38)67-63(68-62)72-54-21-11-7-17-50(54)58-56(72)37-35-48-46-15-5-9-19-52(46)70(60(48)58)44-32-28-42(65)29-33-44/h1-37H. The first-order valence-corrected chi connectivity index (χ1v) is 23.9.